The van der Waals surface area contributed by atoms with Crippen LogP contribution in [0.1, 0.15) is 5.56 Å². The predicted octanol–water partition coefficient (Wildman–Crippen LogP) is -1.78. The first kappa shape index (κ1) is 10.6. The molecule has 0 saturated heterocycles. The van der Waals surface area contributed by atoms with E-state index in [-0.39, 0.29) is 12.4 Å². The monoisotopic (exact) mass is 192 g/mol. The first-order chi connectivity index (χ1) is 4.74. The lowest BCUT2D eigenvalue weighted by molar-refractivity contribution is -0.325. The second-order valence-corrected chi connectivity index (χ2v) is 2.57. The third kappa shape index (κ3) is 2.58. The lowest BCUT2D eigenvalue weighted by Gasteiger charge is -1.99. The highest BCUT2D eigenvalue weighted by molar-refractivity contribution is 6.33. The Balaban J connectivity index is 0.000001000. The number of aryl methyl sites for hydroxylation is 1. The first-order valence-electron chi connectivity index (χ1n) is 3.03. The number of rotatable bonds is 1. The molecule has 0 aliphatic rings. The molecule has 0 heterocycles. The normalized spacial score (nSPS) is 8.64. The van der Waals surface area contributed by atoms with Crippen LogP contribution in [-0.2, 0) is 0 Å². The number of anilines is 1. The van der Waals surface area contributed by atoms with Crippen LogP contribution in [0.3, 0.4) is 0 Å². The SMILES string of the molecule is Cc1ccc(N[NH3+])c(Cl)c1.[Cl-]. The molecule has 0 aliphatic heterocycles. The molecule has 0 amide bonds. The Morgan fingerprint density at radius 1 is 1.45 bits per heavy atom. The molecule has 0 radical (unpaired) electrons. The van der Waals surface area contributed by atoms with Crippen molar-refractivity contribution in [3.05, 3.63) is 28.8 Å². The first-order valence-corrected chi connectivity index (χ1v) is 3.41. The fourth-order valence-corrected chi connectivity index (χ4v) is 1.07. The van der Waals surface area contributed by atoms with Gasteiger partial charge in [0.1, 0.15) is 5.69 Å². The average molecular weight is 193 g/mol. The van der Waals surface area contributed by atoms with Crippen molar-refractivity contribution in [2.45, 2.75) is 6.92 Å². The van der Waals surface area contributed by atoms with Crippen molar-refractivity contribution in [3.8, 4) is 0 Å². The van der Waals surface area contributed by atoms with Gasteiger partial charge in [-0.25, -0.2) is 5.43 Å². The van der Waals surface area contributed by atoms with Gasteiger partial charge in [0.05, 0.1) is 5.02 Å². The molecule has 0 bridgehead atoms. The van der Waals surface area contributed by atoms with Crippen LogP contribution in [0.4, 0.5) is 5.69 Å². The second-order valence-electron chi connectivity index (χ2n) is 2.16. The smallest absolute Gasteiger partial charge is 0.103 e. The van der Waals surface area contributed by atoms with Crippen molar-refractivity contribution in [3.63, 3.8) is 0 Å². The zero-order valence-corrected chi connectivity index (χ0v) is 7.71. The molecule has 1 aromatic carbocycles. The minimum Gasteiger partial charge on any atom is -1.00 e. The molecular weight excluding hydrogens is 183 g/mol. The van der Waals surface area contributed by atoms with Gasteiger partial charge in [-0.1, -0.05) is 17.7 Å². The van der Waals surface area contributed by atoms with Gasteiger partial charge in [-0.15, -0.1) is 0 Å². The van der Waals surface area contributed by atoms with E-state index in [0.29, 0.717) is 0 Å². The molecule has 0 unspecified atom stereocenters. The molecule has 4 heteroatoms. The van der Waals surface area contributed by atoms with E-state index in [9.17, 15) is 0 Å². The number of quaternary nitrogens is 1. The Morgan fingerprint density at radius 3 is 2.55 bits per heavy atom. The van der Waals surface area contributed by atoms with Gasteiger partial charge >= 0.3 is 0 Å². The van der Waals surface area contributed by atoms with Crippen LogP contribution in [-0.4, -0.2) is 0 Å². The van der Waals surface area contributed by atoms with E-state index in [1.54, 1.807) is 0 Å². The van der Waals surface area contributed by atoms with Crippen molar-refractivity contribution in [1.29, 1.82) is 0 Å². The molecule has 0 atom stereocenters. The van der Waals surface area contributed by atoms with Crippen LogP contribution in [0, 0.1) is 6.92 Å². The number of nitrogens with one attached hydrogen (secondary N) is 1. The maximum atomic E-state index is 5.83. The fraction of sp³-hybridized carbons (Fsp3) is 0.143. The lowest BCUT2D eigenvalue weighted by Crippen LogP contribution is -3.00. The fourth-order valence-electron chi connectivity index (χ4n) is 0.764. The van der Waals surface area contributed by atoms with Gasteiger partial charge in [0.25, 0.3) is 0 Å². The number of halogens is 2. The molecule has 0 aliphatic carbocycles. The van der Waals surface area contributed by atoms with Crippen LogP contribution in [0.25, 0.3) is 0 Å². The van der Waals surface area contributed by atoms with Gasteiger partial charge in [-0.2, -0.15) is 0 Å². The molecule has 4 N–H and O–H groups in total. The summed E-state index contributed by atoms with van der Waals surface area (Å²) in [5, 5.41) is 0.718. The summed E-state index contributed by atoms with van der Waals surface area (Å²) in [7, 11) is 0. The second kappa shape index (κ2) is 4.44. The van der Waals surface area contributed by atoms with Crippen molar-refractivity contribution in [1.82, 2.24) is 0 Å². The third-order valence-corrected chi connectivity index (χ3v) is 1.63. The van der Waals surface area contributed by atoms with Gasteiger partial charge in [-0.3, -0.25) is 5.84 Å². The Bertz CT molecular complexity index is 238. The van der Waals surface area contributed by atoms with Gasteiger partial charge in [0.2, 0.25) is 0 Å². The maximum absolute atomic E-state index is 5.83. The van der Waals surface area contributed by atoms with E-state index in [0.717, 1.165) is 16.3 Å². The molecule has 1 rings (SSSR count). The third-order valence-electron chi connectivity index (χ3n) is 1.32. The van der Waals surface area contributed by atoms with Gasteiger partial charge in [0.15, 0.2) is 0 Å². The zero-order valence-electron chi connectivity index (χ0n) is 6.20. The molecule has 62 valence electrons. The van der Waals surface area contributed by atoms with Crippen LogP contribution in [0.15, 0.2) is 18.2 Å². The molecular formula is C7H10Cl2N2. The Kier molecular flexibility index (Phi) is 4.26. The van der Waals surface area contributed by atoms with Crippen molar-refractivity contribution in [2.75, 3.05) is 5.43 Å². The van der Waals surface area contributed by atoms with Gasteiger partial charge in [-0.05, 0) is 24.6 Å². The van der Waals surface area contributed by atoms with E-state index >= 15 is 0 Å². The maximum Gasteiger partial charge on any atom is 0.103 e. The summed E-state index contributed by atoms with van der Waals surface area (Å²) in [5.74, 6) is 3.51. The van der Waals surface area contributed by atoms with Crippen LogP contribution in [0.5, 0.6) is 0 Å². The van der Waals surface area contributed by atoms with Crippen molar-refractivity contribution in [2.24, 2.45) is 0 Å². The number of hydrogen-bond donors (Lipinski definition) is 2. The lowest BCUT2D eigenvalue weighted by atomic mass is 10.2. The van der Waals surface area contributed by atoms with E-state index in [2.05, 4.69) is 11.3 Å². The van der Waals surface area contributed by atoms with E-state index in [4.69, 9.17) is 11.6 Å². The van der Waals surface area contributed by atoms with Crippen LogP contribution >= 0.6 is 11.6 Å². The minimum absolute atomic E-state index is 0. The molecule has 11 heavy (non-hydrogen) atoms. The van der Waals surface area contributed by atoms with Crippen LogP contribution in [0.2, 0.25) is 5.02 Å². The highest BCUT2D eigenvalue weighted by Crippen LogP contribution is 2.20. The standard InChI is InChI=1S/C7H9ClN2.ClH/c1-5-2-3-7(10-9)6(8)4-5;/h2-4,10H,9H2,1H3;1H. The van der Waals surface area contributed by atoms with E-state index < -0.39 is 0 Å². The summed E-state index contributed by atoms with van der Waals surface area (Å²) >= 11 is 5.83. The van der Waals surface area contributed by atoms with Gasteiger partial charge < -0.3 is 12.4 Å². The Labute approximate surface area is 77.1 Å². The topological polar surface area (TPSA) is 39.7 Å². The van der Waals surface area contributed by atoms with Crippen LogP contribution < -0.4 is 23.7 Å². The van der Waals surface area contributed by atoms with E-state index in [1.807, 2.05) is 25.1 Å². The summed E-state index contributed by atoms with van der Waals surface area (Å²) < 4.78 is 0. The molecule has 0 aromatic heterocycles. The molecule has 2 nitrogen and oxygen atoms in total. The summed E-state index contributed by atoms with van der Waals surface area (Å²) in [6.45, 7) is 2.00. The molecule has 1 aromatic rings. The molecule has 0 saturated carbocycles. The Morgan fingerprint density at radius 2 is 2.09 bits per heavy atom. The summed E-state index contributed by atoms with van der Waals surface area (Å²) in [5.41, 5.74) is 4.76. The molecule has 0 fully saturated rings. The molecule has 0 spiro atoms. The highest BCUT2D eigenvalue weighted by Gasteiger charge is 1.97. The van der Waals surface area contributed by atoms with Gasteiger partial charge in [0, 0.05) is 0 Å². The predicted molar refractivity (Wildman–Crippen MR) is 42.7 cm³/mol. The Hall–Kier alpha value is -0.440. The summed E-state index contributed by atoms with van der Waals surface area (Å²) in [6, 6.07) is 5.79. The quantitative estimate of drug-likeness (QED) is 0.508. The minimum atomic E-state index is 0. The highest BCUT2D eigenvalue weighted by atomic mass is 35.5. The number of benzene rings is 1. The largest absolute Gasteiger partial charge is 1.00 e. The zero-order chi connectivity index (χ0) is 7.56. The van der Waals surface area contributed by atoms with Crippen molar-refractivity contribution >= 4 is 17.3 Å². The summed E-state index contributed by atoms with van der Waals surface area (Å²) in [4.78, 5) is 0. The average Bonchev–Trinajstić information content (AvgIpc) is 1.88. The summed E-state index contributed by atoms with van der Waals surface area (Å²) in [6.07, 6.45) is 0. The number of hydrogen-bond acceptors (Lipinski definition) is 1. The van der Waals surface area contributed by atoms with E-state index in [1.165, 1.54) is 0 Å². The van der Waals surface area contributed by atoms with Crippen molar-refractivity contribution < 1.29 is 18.2 Å².